The van der Waals surface area contributed by atoms with Crippen molar-refractivity contribution < 1.29 is 0 Å². The molecule has 3 unspecified atom stereocenters. The summed E-state index contributed by atoms with van der Waals surface area (Å²) >= 11 is 0. The molecule has 0 radical (unpaired) electrons. The SMILES string of the molecule is [N-]=[N+]=NP1C2P=[P+]21. The largest absolute Gasteiger partial charge is 0.271 e. The minimum absolute atomic E-state index is 0.0538. The molecule has 6 heteroatoms. The zero-order chi connectivity index (χ0) is 4.85. The highest BCUT2D eigenvalue weighted by atomic mass is 32.4. The van der Waals surface area contributed by atoms with Crippen molar-refractivity contribution in [2.45, 2.75) is 5.14 Å². The molecule has 0 bridgehead atoms. The summed E-state index contributed by atoms with van der Waals surface area (Å²) in [6.45, 7) is 0.344. The van der Waals surface area contributed by atoms with Gasteiger partial charge in [0.15, 0.2) is 14.8 Å². The van der Waals surface area contributed by atoms with Gasteiger partial charge in [0.1, 0.15) is 0 Å². The van der Waals surface area contributed by atoms with Crippen LogP contribution >= 0.6 is 22.5 Å². The average molecular weight is 148 g/mol. The van der Waals surface area contributed by atoms with Crippen molar-refractivity contribution in [3.63, 3.8) is 0 Å². The van der Waals surface area contributed by atoms with Gasteiger partial charge >= 0.3 is 0 Å². The Labute approximate surface area is 43.8 Å². The Morgan fingerprint density at radius 3 is 2.86 bits per heavy atom. The monoisotopic (exact) mass is 148 g/mol. The lowest BCUT2D eigenvalue weighted by atomic mass is 11.9. The third-order valence-corrected chi connectivity index (χ3v) is 13.6. The summed E-state index contributed by atoms with van der Waals surface area (Å²) in [7, 11) is 1.56. The van der Waals surface area contributed by atoms with Crippen molar-refractivity contribution in [3.05, 3.63) is 10.4 Å². The maximum atomic E-state index is 7.90. The second kappa shape index (κ2) is 1.19. The van der Waals surface area contributed by atoms with E-state index in [4.69, 9.17) is 5.53 Å². The third kappa shape index (κ3) is 0.507. The van der Waals surface area contributed by atoms with E-state index in [-0.39, 0.29) is 7.76 Å². The molecule has 0 amide bonds. The zero-order valence-corrected chi connectivity index (χ0v) is 5.94. The summed E-state index contributed by atoms with van der Waals surface area (Å²) in [6, 6.07) is 0. The summed E-state index contributed by atoms with van der Waals surface area (Å²) in [5.41, 5.74) is 7.90. The number of hydrogen-bond acceptors (Lipinski definition) is 1. The van der Waals surface area contributed by atoms with Gasteiger partial charge in [-0.25, -0.2) is 0 Å². The molecule has 2 heterocycles. The van der Waals surface area contributed by atoms with Gasteiger partial charge in [0, 0.05) is 4.91 Å². The molecule has 2 aliphatic rings. The summed E-state index contributed by atoms with van der Waals surface area (Å²) in [5.74, 6) is 0. The Morgan fingerprint density at radius 2 is 2.71 bits per heavy atom. The number of rotatable bonds is 1. The molecular formula is CHN3P3+. The zero-order valence-electron chi connectivity index (χ0n) is 3.26. The van der Waals surface area contributed by atoms with Crippen LogP contribution < -0.4 is 0 Å². The van der Waals surface area contributed by atoms with E-state index in [0.29, 0.717) is 6.90 Å². The van der Waals surface area contributed by atoms with Crippen LogP contribution in [0.3, 0.4) is 0 Å². The van der Waals surface area contributed by atoms with Gasteiger partial charge in [-0.3, -0.25) is 0 Å². The normalized spacial score (nSPS) is 47.7. The van der Waals surface area contributed by atoms with Crippen molar-refractivity contribution >= 4 is 22.5 Å². The number of fused-ring (bicyclic) bond motifs is 1. The van der Waals surface area contributed by atoms with E-state index in [1.54, 1.807) is 7.87 Å². The molecule has 7 heavy (non-hydrogen) atoms. The van der Waals surface area contributed by atoms with E-state index in [1.165, 1.54) is 0 Å². The fourth-order valence-corrected chi connectivity index (χ4v) is 11.2. The molecule has 0 spiro atoms. The third-order valence-electron chi connectivity index (χ3n) is 0.867. The Morgan fingerprint density at radius 1 is 2.00 bits per heavy atom. The molecule has 1 fully saturated rings. The minimum atomic E-state index is -0.0538. The number of azide groups is 1. The summed E-state index contributed by atoms with van der Waals surface area (Å²) in [4.78, 5) is 6.38. The van der Waals surface area contributed by atoms with Gasteiger partial charge in [0.05, 0.1) is 0 Å². The molecule has 1 saturated heterocycles. The smallest absolute Gasteiger partial charge is 0.0151 e. The van der Waals surface area contributed by atoms with Crippen LogP contribution in [0.15, 0.2) is 4.88 Å². The average Bonchev–Trinajstić information content (AvgIpc) is 2.41. The van der Waals surface area contributed by atoms with Gasteiger partial charge in [-0.15, -0.1) is 0 Å². The van der Waals surface area contributed by atoms with Crippen molar-refractivity contribution in [3.8, 4) is 0 Å². The first-order valence-corrected chi connectivity index (χ1v) is 6.92. The van der Waals surface area contributed by atoms with E-state index < -0.39 is 0 Å². The molecule has 0 N–H and O–H groups in total. The van der Waals surface area contributed by atoms with E-state index >= 15 is 0 Å². The van der Waals surface area contributed by atoms with E-state index in [0.717, 1.165) is 5.14 Å². The first kappa shape index (κ1) is 4.24. The predicted octanol–water partition coefficient (Wildman–Crippen LogP) is 3.26. The highest BCUT2D eigenvalue weighted by Gasteiger charge is 2.75. The topological polar surface area (TPSA) is 48.8 Å². The Balaban J connectivity index is 2.15. The van der Waals surface area contributed by atoms with Crippen LogP contribution in [-0.2, 0) is 0 Å². The lowest BCUT2D eigenvalue weighted by molar-refractivity contribution is 1.77. The van der Waals surface area contributed by atoms with Gasteiger partial charge < -0.3 is 0 Å². The molecule has 0 aromatic heterocycles. The second-order valence-electron chi connectivity index (χ2n) is 1.28. The molecule has 34 valence electrons. The van der Waals surface area contributed by atoms with Crippen molar-refractivity contribution in [1.82, 2.24) is 0 Å². The quantitative estimate of drug-likeness (QED) is 0.237. The maximum absolute atomic E-state index is 7.90. The standard InChI is InChI=1S/CHN3P3/c2-3-4-6-1-5-7(1)6/h1H/q+1. The first-order chi connectivity index (χ1) is 3.43. The van der Waals surface area contributed by atoms with Crippen LogP contribution in [0.1, 0.15) is 0 Å². The lowest BCUT2D eigenvalue weighted by Gasteiger charge is -1.59. The summed E-state index contributed by atoms with van der Waals surface area (Å²) in [5, 5.41) is 0.917. The van der Waals surface area contributed by atoms with Crippen molar-refractivity contribution in [2.75, 3.05) is 0 Å². The van der Waals surface area contributed by atoms with Crippen LogP contribution in [0.2, 0.25) is 0 Å². The minimum Gasteiger partial charge on any atom is -0.0151 e. The van der Waals surface area contributed by atoms with E-state index in [2.05, 4.69) is 9.80 Å². The maximum Gasteiger partial charge on any atom is 0.271 e. The molecule has 0 aromatic rings. The fraction of sp³-hybridized carbons (Fsp3) is 1.00. The van der Waals surface area contributed by atoms with Crippen LogP contribution in [0, 0.1) is 0 Å². The summed E-state index contributed by atoms with van der Waals surface area (Å²) in [6.07, 6.45) is 0. The Bertz CT molecular complexity index is 190. The lowest BCUT2D eigenvalue weighted by Crippen LogP contribution is -1.37. The molecule has 0 saturated carbocycles. The van der Waals surface area contributed by atoms with Gasteiger partial charge in [-0.2, -0.15) is 0 Å². The van der Waals surface area contributed by atoms with Crippen LogP contribution in [0.5, 0.6) is 0 Å². The molecule has 3 nitrogen and oxygen atoms in total. The molecule has 0 aromatic carbocycles. The van der Waals surface area contributed by atoms with Crippen LogP contribution in [0.25, 0.3) is 10.4 Å². The number of hydrogen-bond donors (Lipinski definition) is 0. The second-order valence-corrected chi connectivity index (χ2v) is 11.2. The highest BCUT2D eigenvalue weighted by molar-refractivity contribution is 8.69. The van der Waals surface area contributed by atoms with Crippen LogP contribution in [0.4, 0.5) is 0 Å². The van der Waals surface area contributed by atoms with Gasteiger partial charge in [0.25, 0.3) is 12.9 Å². The predicted molar refractivity (Wildman–Crippen MR) is 33.7 cm³/mol. The molecule has 2 rings (SSSR count). The van der Waals surface area contributed by atoms with E-state index in [1.807, 2.05) is 0 Å². The van der Waals surface area contributed by atoms with Gasteiger partial charge in [-0.05, 0) is 10.4 Å². The molecular weight excluding hydrogens is 147 g/mol. The Kier molecular flexibility index (Phi) is 0.719. The van der Waals surface area contributed by atoms with Gasteiger partial charge in [0.2, 0.25) is 0 Å². The van der Waals surface area contributed by atoms with Crippen LogP contribution in [-0.4, -0.2) is 5.14 Å². The molecule has 2 aliphatic heterocycles. The molecule has 3 atom stereocenters. The molecule has 0 aliphatic carbocycles. The van der Waals surface area contributed by atoms with E-state index in [9.17, 15) is 0 Å². The van der Waals surface area contributed by atoms with Crippen molar-refractivity contribution in [1.29, 1.82) is 0 Å². The fourth-order valence-electron chi connectivity index (χ4n) is 0.401. The first-order valence-electron chi connectivity index (χ1n) is 1.77. The van der Waals surface area contributed by atoms with Gasteiger partial charge in [-0.1, -0.05) is 0 Å². The summed E-state index contributed by atoms with van der Waals surface area (Å²) < 4.78 is 0. The Hall–Kier alpha value is 0.340. The van der Waals surface area contributed by atoms with Crippen molar-refractivity contribution in [2.24, 2.45) is 4.88 Å². The number of nitrogens with zero attached hydrogens (tertiary/aromatic N) is 3. The highest BCUT2D eigenvalue weighted by Crippen LogP contribution is 3.10.